The molecule has 0 radical (unpaired) electrons. The van der Waals surface area contributed by atoms with Gasteiger partial charge >= 0.3 is 0 Å². The third-order valence-electron chi connectivity index (χ3n) is 4.87. The number of hydrogen-bond acceptors (Lipinski definition) is 1. The fourth-order valence-corrected chi connectivity index (χ4v) is 3.50. The molecule has 0 rings (SSSR count). The van der Waals surface area contributed by atoms with Gasteiger partial charge in [-0.25, -0.2) is 4.67 Å². The molecule has 0 fully saturated rings. The van der Waals surface area contributed by atoms with Gasteiger partial charge in [-0.15, -0.1) is 0 Å². The van der Waals surface area contributed by atoms with Crippen LogP contribution in [-0.4, -0.2) is 18.3 Å². The van der Waals surface area contributed by atoms with Crippen molar-refractivity contribution in [1.29, 1.82) is 0 Å². The second-order valence-corrected chi connectivity index (χ2v) is 9.38. The molecule has 0 atom stereocenters. The van der Waals surface area contributed by atoms with E-state index in [4.69, 9.17) is 11.0 Å². The van der Waals surface area contributed by atoms with Gasteiger partial charge in [-0.05, 0) is 13.5 Å². The standard InChI is InChI=1S/C19H44N3OP/c1-3-4-5-6-7-8-9-10-11-12-13-14-15-16-17-18-19-22(2)24(20,21)23/h3-19H2,1-2H3,(H4,20,21,23). The van der Waals surface area contributed by atoms with Crippen molar-refractivity contribution >= 4 is 7.59 Å². The Morgan fingerprint density at radius 2 is 0.917 bits per heavy atom. The zero-order chi connectivity index (χ0) is 18.1. The molecule has 0 aromatic heterocycles. The van der Waals surface area contributed by atoms with Gasteiger partial charge in [-0.1, -0.05) is 103 Å². The fourth-order valence-electron chi connectivity index (χ4n) is 3.05. The van der Waals surface area contributed by atoms with Crippen molar-refractivity contribution < 1.29 is 4.57 Å². The lowest BCUT2D eigenvalue weighted by Gasteiger charge is -2.19. The Hall–Kier alpha value is 0.110. The molecule has 146 valence electrons. The van der Waals surface area contributed by atoms with Crippen LogP contribution in [0.15, 0.2) is 0 Å². The molecule has 0 heterocycles. The van der Waals surface area contributed by atoms with Crippen molar-refractivity contribution in [3.8, 4) is 0 Å². The molecule has 0 aliphatic rings. The lowest BCUT2D eigenvalue weighted by Crippen LogP contribution is -2.25. The van der Waals surface area contributed by atoms with E-state index < -0.39 is 7.59 Å². The third-order valence-corrected chi connectivity index (χ3v) is 6.14. The van der Waals surface area contributed by atoms with E-state index in [0.717, 1.165) is 13.0 Å². The lowest BCUT2D eigenvalue weighted by atomic mass is 10.0. The van der Waals surface area contributed by atoms with E-state index in [1.165, 1.54) is 96.3 Å². The van der Waals surface area contributed by atoms with Crippen molar-refractivity contribution in [2.24, 2.45) is 11.0 Å². The van der Waals surface area contributed by atoms with Gasteiger partial charge in [0.1, 0.15) is 0 Å². The number of hydrogen-bond donors (Lipinski definition) is 2. The number of nitrogens with zero attached hydrogens (tertiary/aromatic N) is 1. The monoisotopic (exact) mass is 361 g/mol. The van der Waals surface area contributed by atoms with Crippen LogP contribution in [-0.2, 0) is 4.57 Å². The minimum atomic E-state index is -3.01. The molecule has 0 aliphatic carbocycles. The molecule has 0 aromatic rings. The van der Waals surface area contributed by atoms with Crippen LogP contribution >= 0.6 is 7.59 Å². The number of nitrogens with two attached hydrogens (primary N) is 2. The summed E-state index contributed by atoms with van der Waals surface area (Å²) >= 11 is 0. The first-order valence-corrected chi connectivity index (χ1v) is 12.2. The minimum absolute atomic E-state index is 0.739. The van der Waals surface area contributed by atoms with Gasteiger partial charge in [-0.2, -0.15) is 0 Å². The summed E-state index contributed by atoms with van der Waals surface area (Å²) < 4.78 is 13.0. The first-order chi connectivity index (χ1) is 11.5. The van der Waals surface area contributed by atoms with Crippen LogP contribution in [0.1, 0.15) is 110 Å². The van der Waals surface area contributed by atoms with Crippen LogP contribution in [0, 0.1) is 0 Å². The highest BCUT2D eigenvalue weighted by molar-refractivity contribution is 7.56. The normalized spacial score (nSPS) is 12.2. The molecule has 0 amide bonds. The molecule has 4 N–H and O–H groups in total. The largest absolute Gasteiger partial charge is 0.276 e. The Morgan fingerprint density at radius 3 is 1.21 bits per heavy atom. The average Bonchev–Trinajstić information content (AvgIpc) is 2.53. The molecule has 0 saturated carbocycles. The maximum absolute atomic E-state index is 11.4. The molecule has 0 aromatic carbocycles. The van der Waals surface area contributed by atoms with Crippen LogP contribution in [0.3, 0.4) is 0 Å². The van der Waals surface area contributed by atoms with Crippen LogP contribution < -0.4 is 11.0 Å². The summed E-state index contributed by atoms with van der Waals surface area (Å²) in [7, 11) is -1.27. The summed E-state index contributed by atoms with van der Waals surface area (Å²) in [5.74, 6) is 0. The van der Waals surface area contributed by atoms with E-state index in [9.17, 15) is 4.57 Å². The van der Waals surface area contributed by atoms with Crippen molar-refractivity contribution in [3.05, 3.63) is 0 Å². The predicted octanol–water partition coefficient (Wildman–Crippen LogP) is 6.21. The van der Waals surface area contributed by atoms with Gasteiger partial charge in [0.15, 0.2) is 0 Å². The molecule has 5 heteroatoms. The maximum Gasteiger partial charge on any atom is 0.276 e. The van der Waals surface area contributed by atoms with Crippen molar-refractivity contribution in [3.63, 3.8) is 0 Å². The molecule has 24 heavy (non-hydrogen) atoms. The molecule has 0 aliphatic heterocycles. The molecular weight excluding hydrogens is 317 g/mol. The minimum Gasteiger partial charge on any atom is -0.271 e. The van der Waals surface area contributed by atoms with E-state index in [2.05, 4.69) is 6.92 Å². The molecular formula is C19H44N3OP. The Balaban J connectivity index is 3.12. The summed E-state index contributed by atoms with van der Waals surface area (Å²) in [6.07, 6.45) is 21.8. The molecule has 0 spiro atoms. The molecule has 4 nitrogen and oxygen atoms in total. The molecule has 0 unspecified atom stereocenters. The summed E-state index contributed by atoms with van der Waals surface area (Å²) in [4.78, 5) is 0. The summed E-state index contributed by atoms with van der Waals surface area (Å²) in [6, 6.07) is 0. The Kier molecular flexibility index (Phi) is 16.6. The highest BCUT2D eigenvalue weighted by Crippen LogP contribution is 2.29. The van der Waals surface area contributed by atoms with Crippen molar-refractivity contribution in [1.82, 2.24) is 4.67 Å². The number of unbranched alkanes of at least 4 members (excludes halogenated alkanes) is 15. The second-order valence-electron chi connectivity index (χ2n) is 7.36. The first-order valence-electron chi connectivity index (χ1n) is 10.4. The summed E-state index contributed by atoms with van der Waals surface area (Å²) in [6.45, 7) is 3.02. The highest BCUT2D eigenvalue weighted by atomic mass is 31.2. The quantitative estimate of drug-likeness (QED) is 0.225. The van der Waals surface area contributed by atoms with Crippen molar-refractivity contribution in [2.45, 2.75) is 110 Å². The van der Waals surface area contributed by atoms with Gasteiger partial charge in [0.25, 0.3) is 7.59 Å². The van der Waals surface area contributed by atoms with Crippen LogP contribution in [0.2, 0.25) is 0 Å². The van der Waals surface area contributed by atoms with E-state index in [-0.39, 0.29) is 0 Å². The zero-order valence-electron chi connectivity index (χ0n) is 16.5. The first kappa shape index (κ1) is 24.1. The van der Waals surface area contributed by atoms with Crippen LogP contribution in [0.4, 0.5) is 0 Å². The van der Waals surface area contributed by atoms with E-state index >= 15 is 0 Å². The Morgan fingerprint density at radius 1 is 0.625 bits per heavy atom. The van der Waals surface area contributed by atoms with Gasteiger partial charge in [0.2, 0.25) is 0 Å². The zero-order valence-corrected chi connectivity index (χ0v) is 17.4. The smallest absolute Gasteiger partial charge is 0.271 e. The third kappa shape index (κ3) is 17.0. The second kappa shape index (κ2) is 16.6. The summed E-state index contributed by atoms with van der Waals surface area (Å²) in [5, 5.41) is 0. The Bertz CT molecular complexity index is 307. The lowest BCUT2D eigenvalue weighted by molar-refractivity contribution is 0.446. The topological polar surface area (TPSA) is 72.3 Å². The van der Waals surface area contributed by atoms with Gasteiger partial charge in [0, 0.05) is 6.54 Å². The van der Waals surface area contributed by atoms with Gasteiger partial charge in [-0.3, -0.25) is 15.6 Å². The predicted molar refractivity (Wildman–Crippen MR) is 108 cm³/mol. The van der Waals surface area contributed by atoms with Crippen LogP contribution in [0.5, 0.6) is 0 Å². The van der Waals surface area contributed by atoms with Gasteiger partial charge < -0.3 is 0 Å². The summed E-state index contributed by atoms with van der Waals surface area (Å²) in [5.41, 5.74) is 10.8. The van der Waals surface area contributed by atoms with E-state index in [1.807, 2.05) is 0 Å². The fraction of sp³-hybridized carbons (Fsp3) is 1.00. The Labute approximate surface area is 151 Å². The van der Waals surface area contributed by atoms with Crippen molar-refractivity contribution in [2.75, 3.05) is 13.6 Å². The van der Waals surface area contributed by atoms with Gasteiger partial charge in [0.05, 0.1) is 0 Å². The average molecular weight is 362 g/mol. The molecule has 0 saturated heterocycles. The van der Waals surface area contributed by atoms with Crippen LogP contribution in [0.25, 0.3) is 0 Å². The molecule has 0 bridgehead atoms. The SMILES string of the molecule is CCCCCCCCCCCCCCCCCCN(C)P(N)(N)=O. The van der Waals surface area contributed by atoms with E-state index in [0.29, 0.717) is 0 Å². The highest BCUT2D eigenvalue weighted by Gasteiger charge is 2.14. The number of rotatable bonds is 18. The van der Waals surface area contributed by atoms with E-state index in [1.54, 1.807) is 11.7 Å². The maximum atomic E-state index is 11.4.